The van der Waals surface area contributed by atoms with Crippen LogP contribution in [0, 0.1) is 0 Å². The van der Waals surface area contributed by atoms with Gasteiger partial charge in [-0.1, -0.05) is 19.1 Å². The zero-order valence-corrected chi connectivity index (χ0v) is 13.3. The maximum atomic E-state index is 5.89. The fraction of sp³-hybridized carbons (Fsp3) is 0.647. The van der Waals surface area contributed by atoms with Gasteiger partial charge < -0.3 is 10.1 Å². The predicted octanol–water partition coefficient (Wildman–Crippen LogP) is 3.22. The number of piperazine rings is 1. The number of rotatable bonds is 4. The van der Waals surface area contributed by atoms with Gasteiger partial charge in [0.25, 0.3) is 0 Å². The summed E-state index contributed by atoms with van der Waals surface area (Å²) in [6, 6.07) is 9.17. The Morgan fingerprint density at radius 2 is 1.75 bits per heavy atom. The van der Waals surface area contributed by atoms with Crippen LogP contribution in [0.1, 0.15) is 45.7 Å². The first-order valence-electron chi connectivity index (χ1n) is 7.73. The lowest BCUT2D eigenvalue weighted by molar-refractivity contribution is 0.130. The summed E-state index contributed by atoms with van der Waals surface area (Å²) in [5.41, 5.74) is 1.26. The molecule has 3 heteroatoms. The highest BCUT2D eigenvalue weighted by Crippen LogP contribution is 2.27. The van der Waals surface area contributed by atoms with Crippen LogP contribution in [0.4, 0.5) is 0 Å². The molecule has 0 amide bonds. The maximum Gasteiger partial charge on any atom is 0.120 e. The molecular formula is C17H28N2O. The molecule has 0 spiro atoms. The molecule has 20 heavy (non-hydrogen) atoms. The lowest BCUT2D eigenvalue weighted by Gasteiger charge is -2.34. The molecule has 1 aromatic rings. The van der Waals surface area contributed by atoms with E-state index < -0.39 is 0 Å². The van der Waals surface area contributed by atoms with E-state index in [9.17, 15) is 0 Å². The van der Waals surface area contributed by atoms with E-state index in [1.807, 2.05) is 0 Å². The molecule has 0 radical (unpaired) electrons. The van der Waals surface area contributed by atoms with Gasteiger partial charge in [-0.05, 0) is 44.9 Å². The second-order valence-corrected chi connectivity index (χ2v) is 6.49. The molecular weight excluding hydrogens is 248 g/mol. The van der Waals surface area contributed by atoms with Gasteiger partial charge in [-0.15, -0.1) is 0 Å². The van der Waals surface area contributed by atoms with Crippen molar-refractivity contribution in [2.75, 3.05) is 26.2 Å². The summed E-state index contributed by atoms with van der Waals surface area (Å²) in [5, 5.41) is 3.42. The Morgan fingerprint density at radius 3 is 2.25 bits per heavy atom. The van der Waals surface area contributed by atoms with Crippen molar-refractivity contribution in [1.82, 2.24) is 10.2 Å². The molecule has 1 aliphatic rings. The van der Waals surface area contributed by atoms with Crippen molar-refractivity contribution in [3.8, 4) is 5.75 Å². The normalized spacial score (nSPS) is 18.8. The van der Waals surface area contributed by atoms with Crippen molar-refractivity contribution in [3.05, 3.63) is 29.8 Å². The predicted molar refractivity (Wildman–Crippen MR) is 84.3 cm³/mol. The van der Waals surface area contributed by atoms with Crippen LogP contribution >= 0.6 is 0 Å². The molecule has 1 atom stereocenters. The van der Waals surface area contributed by atoms with Gasteiger partial charge in [0.05, 0.1) is 0 Å². The average Bonchev–Trinajstić information content (AvgIpc) is 2.41. The summed E-state index contributed by atoms with van der Waals surface area (Å²) in [4.78, 5) is 2.58. The molecule has 112 valence electrons. The van der Waals surface area contributed by atoms with Gasteiger partial charge in [0.1, 0.15) is 11.4 Å². The Bertz CT molecular complexity index is 402. The number of hydrogen-bond acceptors (Lipinski definition) is 3. The highest BCUT2D eigenvalue weighted by molar-refractivity contribution is 5.29. The fourth-order valence-corrected chi connectivity index (χ4v) is 2.81. The van der Waals surface area contributed by atoms with E-state index >= 15 is 0 Å². The van der Waals surface area contributed by atoms with Gasteiger partial charge in [-0.2, -0.15) is 0 Å². The van der Waals surface area contributed by atoms with Gasteiger partial charge in [0, 0.05) is 32.2 Å². The SMILES string of the molecule is CC[C@H](c1ccc(OC(C)(C)C)cc1)N1CCNCC1. The van der Waals surface area contributed by atoms with Crippen molar-refractivity contribution in [2.24, 2.45) is 0 Å². The van der Waals surface area contributed by atoms with E-state index in [0.29, 0.717) is 6.04 Å². The van der Waals surface area contributed by atoms with Gasteiger partial charge in [-0.25, -0.2) is 0 Å². The summed E-state index contributed by atoms with van der Waals surface area (Å²) in [6.07, 6.45) is 1.15. The van der Waals surface area contributed by atoms with E-state index in [-0.39, 0.29) is 5.60 Å². The number of hydrogen-bond donors (Lipinski definition) is 1. The highest BCUT2D eigenvalue weighted by atomic mass is 16.5. The summed E-state index contributed by atoms with van der Waals surface area (Å²) in [7, 11) is 0. The minimum atomic E-state index is -0.135. The summed E-state index contributed by atoms with van der Waals surface area (Å²) in [6.45, 7) is 13.0. The number of nitrogens with zero attached hydrogens (tertiary/aromatic N) is 1. The van der Waals surface area contributed by atoms with Crippen LogP contribution in [0.2, 0.25) is 0 Å². The van der Waals surface area contributed by atoms with Crippen molar-refractivity contribution in [2.45, 2.75) is 45.8 Å². The number of ether oxygens (including phenoxy) is 1. The van der Waals surface area contributed by atoms with Gasteiger partial charge in [0.15, 0.2) is 0 Å². The molecule has 1 fully saturated rings. The van der Waals surface area contributed by atoms with Crippen LogP contribution in [0.15, 0.2) is 24.3 Å². The van der Waals surface area contributed by atoms with Crippen molar-refractivity contribution in [1.29, 1.82) is 0 Å². The first-order chi connectivity index (χ1) is 9.49. The Morgan fingerprint density at radius 1 is 1.15 bits per heavy atom. The first-order valence-corrected chi connectivity index (χ1v) is 7.73. The first kappa shape index (κ1) is 15.3. The van der Waals surface area contributed by atoms with Crippen LogP contribution in [0.5, 0.6) is 5.75 Å². The topological polar surface area (TPSA) is 24.5 Å². The second-order valence-electron chi connectivity index (χ2n) is 6.49. The maximum absolute atomic E-state index is 5.89. The Labute approximate surface area is 123 Å². The van der Waals surface area contributed by atoms with Crippen LogP contribution in [-0.2, 0) is 0 Å². The van der Waals surface area contributed by atoms with E-state index in [1.165, 1.54) is 5.56 Å². The zero-order chi connectivity index (χ0) is 14.6. The molecule has 3 nitrogen and oxygen atoms in total. The van der Waals surface area contributed by atoms with Gasteiger partial charge >= 0.3 is 0 Å². The Hall–Kier alpha value is -1.06. The van der Waals surface area contributed by atoms with E-state index in [4.69, 9.17) is 4.74 Å². The standard InChI is InChI=1S/C17H28N2O/c1-5-16(19-12-10-18-11-13-19)14-6-8-15(9-7-14)20-17(2,3)4/h6-9,16,18H,5,10-13H2,1-4H3/t16-/m1/s1. The monoisotopic (exact) mass is 276 g/mol. The smallest absolute Gasteiger partial charge is 0.120 e. The third-order valence-corrected chi connectivity index (χ3v) is 3.67. The molecule has 2 rings (SSSR count). The fourth-order valence-electron chi connectivity index (χ4n) is 2.81. The molecule has 0 saturated carbocycles. The minimum absolute atomic E-state index is 0.135. The second kappa shape index (κ2) is 6.59. The molecule has 0 aliphatic carbocycles. The van der Waals surface area contributed by atoms with Crippen LogP contribution in [-0.4, -0.2) is 36.7 Å². The van der Waals surface area contributed by atoms with E-state index in [0.717, 1.165) is 38.3 Å². The Balaban J connectivity index is 2.06. The molecule has 1 heterocycles. The highest BCUT2D eigenvalue weighted by Gasteiger charge is 2.20. The summed E-state index contributed by atoms with van der Waals surface area (Å²) >= 11 is 0. The van der Waals surface area contributed by atoms with Gasteiger partial charge in [0.2, 0.25) is 0 Å². The third kappa shape index (κ3) is 4.22. The quantitative estimate of drug-likeness (QED) is 0.914. The van der Waals surface area contributed by atoms with E-state index in [1.54, 1.807) is 0 Å². The molecule has 0 bridgehead atoms. The summed E-state index contributed by atoms with van der Waals surface area (Å²) < 4.78 is 5.89. The average molecular weight is 276 g/mol. The van der Waals surface area contributed by atoms with Crippen molar-refractivity contribution < 1.29 is 4.74 Å². The minimum Gasteiger partial charge on any atom is -0.488 e. The van der Waals surface area contributed by atoms with E-state index in [2.05, 4.69) is 62.2 Å². The van der Waals surface area contributed by atoms with Crippen LogP contribution < -0.4 is 10.1 Å². The summed E-state index contributed by atoms with van der Waals surface area (Å²) in [5.74, 6) is 0.955. The Kier molecular flexibility index (Phi) is 5.06. The lowest BCUT2D eigenvalue weighted by atomic mass is 10.0. The number of nitrogens with one attached hydrogen (secondary N) is 1. The molecule has 1 saturated heterocycles. The van der Waals surface area contributed by atoms with Gasteiger partial charge in [-0.3, -0.25) is 4.90 Å². The molecule has 1 aliphatic heterocycles. The van der Waals surface area contributed by atoms with Crippen LogP contribution in [0.25, 0.3) is 0 Å². The molecule has 0 aromatic heterocycles. The lowest BCUT2D eigenvalue weighted by Crippen LogP contribution is -2.45. The molecule has 1 N–H and O–H groups in total. The third-order valence-electron chi connectivity index (χ3n) is 3.67. The largest absolute Gasteiger partial charge is 0.488 e. The molecule has 1 aromatic carbocycles. The number of benzene rings is 1. The molecule has 0 unspecified atom stereocenters. The van der Waals surface area contributed by atoms with Crippen molar-refractivity contribution >= 4 is 0 Å². The zero-order valence-electron chi connectivity index (χ0n) is 13.3. The van der Waals surface area contributed by atoms with Crippen molar-refractivity contribution in [3.63, 3.8) is 0 Å². The van der Waals surface area contributed by atoms with Crippen LogP contribution in [0.3, 0.4) is 0 Å².